The summed E-state index contributed by atoms with van der Waals surface area (Å²) in [5.74, 6) is 0.337. The molecule has 5 aromatic carbocycles. The number of furan rings is 1. The Balaban J connectivity index is 1.14. The minimum Gasteiger partial charge on any atom is -0.455 e. The van der Waals surface area contributed by atoms with Gasteiger partial charge in [0.05, 0.1) is 33.9 Å². The minimum absolute atomic E-state index is 0.168. The Labute approximate surface area is 325 Å². The monoisotopic (exact) mass is 725 g/mol. The predicted molar refractivity (Wildman–Crippen MR) is 229 cm³/mol. The molecule has 0 saturated heterocycles. The summed E-state index contributed by atoms with van der Waals surface area (Å²) in [6.45, 7) is 11.9. The topological polar surface area (TPSA) is 25.3 Å². The molecule has 2 aliphatic rings. The number of nitrogens with zero attached hydrogens (tertiary/aromatic N) is 3. The average molecular weight is 726 g/mol. The molecule has 2 unspecified atom stereocenters. The van der Waals surface area contributed by atoms with Gasteiger partial charge in [0.15, 0.2) is 24.1 Å². The molecule has 0 N–H and O–H groups in total. The Morgan fingerprint density at radius 2 is 1.54 bits per heavy atom. The number of fused-ring (bicyclic) bond motifs is 19. The van der Waals surface area contributed by atoms with Crippen molar-refractivity contribution < 1.29 is 13.6 Å². The van der Waals surface area contributed by atoms with Crippen LogP contribution in [0.15, 0.2) is 145 Å². The molecule has 12 rings (SSSR count). The number of pyridine rings is 2. The van der Waals surface area contributed by atoms with E-state index in [0.29, 0.717) is 5.92 Å². The van der Waals surface area contributed by atoms with Crippen molar-refractivity contribution in [2.24, 2.45) is 5.41 Å². The first-order valence-electron chi connectivity index (χ1n) is 20.2. The quantitative estimate of drug-likeness (QED) is 0.155. The molecule has 270 valence electrons. The lowest BCUT2D eigenvalue weighted by molar-refractivity contribution is -0.720. The van der Waals surface area contributed by atoms with Gasteiger partial charge in [0, 0.05) is 62.7 Å². The van der Waals surface area contributed by atoms with E-state index in [1.165, 1.54) is 88.1 Å². The fourth-order valence-electron chi connectivity index (χ4n) is 10.7. The largest absolute Gasteiger partial charge is 0.455 e. The third-order valence-electron chi connectivity index (χ3n) is 12.9. The fraction of sp³-hybridized carbons (Fsp3) is 0.192. The van der Waals surface area contributed by atoms with E-state index in [1.807, 2.05) is 0 Å². The summed E-state index contributed by atoms with van der Waals surface area (Å²) in [5.41, 5.74) is 16.3. The van der Waals surface area contributed by atoms with Gasteiger partial charge in [-0.05, 0) is 90.4 Å². The summed E-state index contributed by atoms with van der Waals surface area (Å²) in [7, 11) is 0. The first kappa shape index (κ1) is 32.0. The highest BCUT2D eigenvalue weighted by Crippen LogP contribution is 2.47. The maximum atomic E-state index is 6.66. The van der Waals surface area contributed by atoms with Crippen LogP contribution >= 0.6 is 0 Å². The van der Waals surface area contributed by atoms with E-state index in [-0.39, 0.29) is 11.5 Å². The molecular formula is C52H43N3O+2. The van der Waals surface area contributed by atoms with Crippen LogP contribution in [0.5, 0.6) is 0 Å². The van der Waals surface area contributed by atoms with Crippen molar-refractivity contribution in [3.63, 3.8) is 0 Å². The van der Waals surface area contributed by atoms with Crippen LogP contribution in [0.25, 0.3) is 88.2 Å². The number of aryl methyl sites for hydroxylation is 1. The first-order chi connectivity index (χ1) is 27.3. The average Bonchev–Trinajstić information content (AvgIpc) is 3.86. The highest BCUT2D eigenvalue weighted by molar-refractivity contribution is 6.29. The maximum absolute atomic E-state index is 6.66. The normalized spacial score (nSPS) is 17.1. The number of aromatic nitrogens is 3. The maximum Gasteiger partial charge on any atom is 0.218 e. The second-order valence-electron chi connectivity index (χ2n) is 17.6. The second kappa shape index (κ2) is 11.4. The zero-order chi connectivity index (χ0) is 37.4. The van der Waals surface area contributed by atoms with Crippen molar-refractivity contribution in [1.82, 2.24) is 4.40 Å². The third-order valence-corrected chi connectivity index (χ3v) is 12.9. The number of benzene rings is 5. The lowest BCUT2D eigenvalue weighted by atomic mass is 9.77. The predicted octanol–water partition coefficient (Wildman–Crippen LogP) is 12.4. The molecule has 2 atom stereocenters. The summed E-state index contributed by atoms with van der Waals surface area (Å²) < 4.78 is 14.1. The molecule has 0 spiro atoms. The van der Waals surface area contributed by atoms with Crippen molar-refractivity contribution in [1.29, 1.82) is 0 Å². The minimum atomic E-state index is 0.168. The highest BCUT2D eigenvalue weighted by atomic mass is 16.3. The van der Waals surface area contributed by atoms with Gasteiger partial charge in [0.1, 0.15) is 11.2 Å². The zero-order valence-corrected chi connectivity index (χ0v) is 32.1. The number of rotatable bonds is 1. The van der Waals surface area contributed by atoms with Crippen LogP contribution in [0, 0.1) is 5.41 Å². The summed E-state index contributed by atoms with van der Waals surface area (Å²) in [6, 6.07) is 45.6. The molecule has 0 amide bonds. The molecular weight excluding hydrogens is 683 g/mol. The molecule has 0 radical (unpaired) electrons. The number of hydrogen-bond acceptors (Lipinski definition) is 1. The van der Waals surface area contributed by atoms with Crippen LogP contribution in [0.3, 0.4) is 0 Å². The Kier molecular flexibility index (Phi) is 6.52. The van der Waals surface area contributed by atoms with E-state index < -0.39 is 0 Å². The summed E-state index contributed by atoms with van der Waals surface area (Å²) in [6.07, 6.45) is 8.46. The third kappa shape index (κ3) is 4.47. The van der Waals surface area contributed by atoms with E-state index in [9.17, 15) is 0 Å². The van der Waals surface area contributed by atoms with Crippen molar-refractivity contribution in [2.75, 3.05) is 0 Å². The first-order valence-corrected chi connectivity index (χ1v) is 20.2. The molecule has 56 heavy (non-hydrogen) atoms. The van der Waals surface area contributed by atoms with Crippen LogP contribution in [-0.4, -0.2) is 4.40 Å². The van der Waals surface area contributed by atoms with E-state index in [1.54, 1.807) is 0 Å². The molecule has 0 aliphatic carbocycles. The molecule has 0 bridgehead atoms. The van der Waals surface area contributed by atoms with E-state index in [4.69, 9.17) is 11.0 Å². The molecule has 4 heteroatoms. The van der Waals surface area contributed by atoms with Crippen LogP contribution < -0.4 is 9.13 Å². The molecule has 2 aliphatic heterocycles. The van der Waals surface area contributed by atoms with E-state index in [0.717, 1.165) is 42.5 Å². The SMILES string of the molecule is C=C1CC2C(CCc3cc4c(cc3-c3cc(CC(C)(C)C)cc[n+]31)c1cccc3c5c6oc7ccccc7c6ccc5n4c13)c1ccccc1-c1cccc[n+]12. The van der Waals surface area contributed by atoms with E-state index in [2.05, 4.69) is 168 Å². The molecule has 7 heterocycles. The van der Waals surface area contributed by atoms with Gasteiger partial charge in [-0.1, -0.05) is 75.4 Å². The Hall–Kier alpha value is -6.26. The molecule has 5 aromatic heterocycles. The van der Waals surface area contributed by atoms with Gasteiger partial charge >= 0.3 is 0 Å². The van der Waals surface area contributed by atoms with Crippen molar-refractivity contribution >= 4 is 65.7 Å². The summed E-state index contributed by atoms with van der Waals surface area (Å²) in [4.78, 5) is 0. The number of para-hydroxylation sites is 2. The Morgan fingerprint density at radius 1 is 0.714 bits per heavy atom. The summed E-state index contributed by atoms with van der Waals surface area (Å²) >= 11 is 0. The second-order valence-corrected chi connectivity index (χ2v) is 17.6. The van der Waals surface area contributed by atoms with Crippen molar-refractivity contribution in [3.8, 4) is 22.5 Å². The van der Waals surface area contributed by atoms with Gasteiger partial charge in [0.2, 0.25) is 11.4 Å². The van der Waals surface area contributed by atoms with Crippen LogP contribution in [0.2, 0.25) is 0 Å². The van der Waals surface area contributed by atoms with Crippen LogP contribution in [0.1, 0.15) is 62.3 Å². The summed E-state index contributed by atoms with van der Waals surface area (Å²) in [5, 5.41) is 7.35. The Morgan fingerprint density at radius 3 is 2.45 bits per heavy atom. The lowest BCUT2D eigenvalue weighted by Crippen LogP contribution is -2.49. The molecule has 0 saturated carbocycles. The number of allylic oxidation sites excluding steroid dienone is 1. The number of hydrogen-bond donors (Lipinski definition) is 0. The van der Waals surface area contributed by atoms with Crippen LogP contribution in [0.4, 0.5) is 0 Å². The zero-order valence-electron chi connectivity index (χ0n) is 32.1. The molecule has 10 aromatic rings. The van der Waals surface area contributed by atoms with Gasteiger partial charge in [-0.2, -0.15) is 9.13 Å². The fourth-order valence-corrected chi connectivity index (χ4v) is 10.7. The van der Waals surface area contributed by atoms with Gasteiger partial charge in [-0.15, -0.1) is 0 Å². The van der Waals surface area contributed by atoms with Gasteiger partial charge in [-0.25, -0.2) is 0 Å². The lowest BCUT2D eigenvalue weighted by Gasteiger charge is -2.31. The highest BCUT2D eigenvalue weighted by Gasteiger charge is 2.42. The smallest absolute Gasteiger partial charge is 0.218 e. The molecule has 4 nitrogen and oxygen atoms in total. The van der Waals surface area contributed by atoms with Crippen LogP contribution in [-0.2, 0) is 12.8 Å². The van der Waals surface area contributed by atoms with E-state index >= 15 is 0 Å². The Bertz CT molecular complexity index is 3280. The molecule has 0 fully saturated rings. The van der Waals surface area contributed by atoms with Gasteiger partial charge in [0.25, 0.3) is 0 Å². The van der Waals surface area contributed by atoms with Gasteiger partial charge in [-0.3, -0.25) is 0 Å². The van der Waals surface area contributed by atoms with Gasteiger partial charge < -0.3 is 8.82 Å². The van der Waals surface area contributed by atoms with Crippen molar-refractivity contribution in [2.45, 2.75) is 58.4 Å². The van der Waals surface area contributed by atoms with Crippen molar-refractivity contribution in [3.05, 3.63) is 157 Å². The standard InChI is InChI=1S/C52H43N3O/c1-31-26-45-36(34-12-5-6-13-35(34)43-17-9-10-24-54(43)45)20-19-33-28-47-42(29-41(33)46-27-32(23-25-53(31)46)30-52(2,3)4)38-15-11-16-40-49-44(55(47)50(38)40)22-21-39-37-14-7-8-18-48(37)56-51(39)49/h5-18,21-25,27-29,36,45H,1,19-20,26,30H2,2-4H3/q+2.